The zero-order valence-electron chi connectivity index (χ0n) is 12.2. The number of aromatic nitrogens is 2. The van der Waals surface area contributed by atoms with Gasteiger partial charge in [0.25, 0.3) is 0 Å². The standard InChI is InChI=1S/C13H22N4O2S/c1-4-7-14-13-15-8-12(9-16-13)20(18,19)17(3)10(2)11-5-6-11/h8-11H,4-7H2,1-3H3,(H,14,15,16). The van der Waals surface area contributed by atoms with Gasteiger partial charge in [-0.05, 0) is 32.1 Å². The molecule has 0 saturated heterocycles. The second-order valence-electron chi connectivity index (χ2n) is 5.27. The monoisotopic (exact) mass is 298 g/mol. The number of nitrogens with one attached hydrogen (secondary N) is 1. The van der Waals surface area contributed by atoms with E-state index < -0.39 is 10.0 Å². The Morgan fingerprint density at radius 3 is 2.50 bits per heavy atom. The predicted octanol–water partition coefficient (Wildman–Crippen LogP) is 1.72. The number of anilines is 1. The van der Waals surface area contributed by atoms with Crippen LogP contribution in [0.25, 0.3) is 0 Å². The van der Waals surface area contributed by atoms with Crippen LogP contribution in [-0.2, 0) is 10.0 Å². The maximum Gasteiger partial charge on any atom is 0.246 e. The molecule has 1 aromatic heterocycles. The summed E-state index contributed by atoms with van der Waals surface area (Å²) in [6.45, 7) is 4.76. The first kappa shape index (κ1) is 15.2. The van der Waals surface area contributed by atoms with Crippen LogP contribution in [0.3, 0.4) is 0 Å². The first-order valence-corrected chi connectivity index (χ1v) is 8.44. The van der Waals surface area contributed by atoms with Gasteiger partial charge in [0.15, 0.2) is 0 Å². The molecule has 0 aliphatic heterocycles. The first-order valence-electron chi connectivity index (χ1n) is 7.00. The SMILES string of the molecule is CCCNc1ncc(S(=O)(=O)N(C)C(C)C2CC2)cn1. The van der Waals surface area contributed by atoms with E-state index in [1.807, 2.05) is 13.8 Å². The Hall–Kier alpha value is -1.21. The summed E-state index contributed by atoms with van der Waals surface area (Å²) in [5, 5.41) is 3.02. The van der Waals surface area contributed by atoms with Gasteiger partial charge in [0.1, 0.15) is 4.90 Å². The Bertz CT molecular complexity index is 540. The van der Waals surface area contributed by atoms with Gasteiger partial charge >= 0.3 is 0 Å². The lowest BCUT2D eigenvalue weighted by atomic mass is 10.2. The molecule has 1 fully saturated rings. The summed E-state index contributed by atoms with van der Waals surface area (Å²) in [7, 11) is -1.87. The van der Waals surface area contributed by atoms with Gasteiger partial charge in [0, 0.05) is 19.6 Å². The summed E-state index contributed by atoms with van der Waals surface area (Å²) < 4.78 is 26.3. The lowest BCUT2D eigenvalue weighted by Crippen LogP contribution is -2.36. The number of sulfonamides is 1. The van der Waals surface area contributed by atoms with Crippen molar-refractivity contribution in [3.8, 4) is 0 Å². The zero-order valence-corrected chi connectivity index (χ0v) is 13.0. The van der Waals surface area contributed by atoms with Gasteiger partial charge in [-0.2, -0.15) is 4.31 Å². The van der Waals surface area contributed by atoms with Crippen molar-refractivity contribution in [2.24, 2.45) is 5.92 Å². The molecular formula is C13H22N4O2S. The van der Waals surface area contributed by atoms with E-state index in [0.717, 1.165) is 25.8 Å². The maximum absolute atomic E-state index is 12.5. The highest BCUT2D eigenvalue weighted by Crippen LogP contribution is 2.36. The Morgan fingerprint density at radius 2 is 2.00 bits per heavy atom. The Morgan fingerprint density at radius 1 is 1.40 bits per heavy atom. The molecule has 6 nitrogen and oxygen atoms in total. The first-order chi connectivity index (χ1) is 9.46. The van der Waals surface area contributed by atoms with Crippen molar-refractivity contribution in [1.82, 2.24) is 14.3 Å². The fraction of sp³-hybridized carbons (Fsp3) is 0.692. The third-order valence-electron chi connectivity index (χ3n) is 3.72. The average Bonchev–Trinajstić information content (AvgIpc) is 3.28. The number of rotatable bonds is 7. The Balaban J connectivity index is 2.12. The minimum absolute atomic E-state index is 0.0258. The van der Waals surface area contributed by atoms with Crippen molar-refractivity contribution in [1.29, 1.82) is 0 Å². The molecule has 20 heavy (non-hydrogen) atoms. The minimum Gasteiger partial charge on any atom is -0.354 e. The van der Waals surface area contributed by atoms with Gasteiger partial charge in [-0.3, -0.25) is 0 Å². The summed E-state index contributed by atoms with van der Waals surface area (Å²) in [5.74, 6) is 0.949. The van der Waals surface area contributed by atoms with Crippen LogP contribution in [0.4, 0.5) is 5.95 Å². The van der Waals surface area contributed by atoms with Gasteiger partial charge < -0.3 is 5.32 Å². The molecule has 0 spiro atoms. The van der Waals surface area contributed by atoms with E-state index in [9.17, 15) is 8.42 Å². The van der Waals surface area contributed by atoms with Crippen molar-refractivity contribution in [3.63, 3.8) is 0 Å². The second-order valence-corrected chi connectivity index (χ2v) is 7.27. The summed E-state index contributed by atoms with van der Waals surface area (Å²) in [6.07, 6.45) is 5.92. The number of hydrogen-bond acceptors (Lipinski definition) is 5. The molecule has 1 N–H and O–H groups in total. The predicted molar refractivity (Wildman–Crippen MR) is 77.9 cm³/mol. The molecule has 112 valence electrons. The molecule has 1 aliphatic rings. The van der Waals surface area contributed by atoms with Crippen LogP contribution in [0.1, 0.15) is 33.1 Å². The van der Waals surface area contributed by atoms with Crippen molar-refractivity contribution in [2.75, 3.05) is 18.9 Å². The molecule has 1 unspecified atom stereocenters. The molecule has 0 aromatic carbocycles. The van der Waals surface area contributed by atoms with E-state index in [1.54, 1.807) is 7.05 Å². The van der Waals surface area contributed by atoms with Crippen LogP contribution in [0, 0.1) is 5.92 Å². The smallest absolute Gasteiger partial charge is 0.246 e. The fourth-order valence-electron chi connectivity index (χ4n) is 2.04. The van der Waals surface area contributed by atoms with Gasteiger partial charge in [0.05, 0.1) is 12.4 Å². The third-order valence-corrected chi connectivity index (χ3v) is 5.61. The van der Waals surface area contributed by atoms with Crippen molar-refractivity contribution < 1.29 is 8.42 Å². The Kier molecular flexibility index (Phi) is 4.59. The van der Waals surface area contributed by atoms with Gasteiger partial charge in [-0.25, -0.2) is 18.4 Å². The van der Waals surface area contributed by atoms with E-state index in [0.29, 0.717) is 11.9 Å². The minimum atomic E-state index is -3.50. The largest absolute Gasteiger partial charge is 0.354 e. The molecule has 2 rings (SSSR count). The molecule has 0 amide bonds. The van der Waals surface area contributed by atoms with Crippen molar-refractivity contribution in [3.05, 3.63) is 12.4 Å². The van der Waals surface area contributed by atoms with E-state index in [-0.39, 0.29) is 10.9 Å². The second kappa shape index (κ2) is 6.05. The van der Waals surface area contributed by atoms with Gasteiger partial charge in [0.2, 0.25) is 16.0 Å². The van der Waals surface area contributed by atoms with E-state index >= 15 is 0 Å². The van der Waals surface area contributed by atoms with Crippen LogP contribution in [0.5, 0.6) is 0 Å². The number of nitrogens with zero attached hydrogens (tertiary/aromatic N) is 3. The fourth-order valence-corrected chi connectivity index (χ4v) is 3.35. The highest BCUT2D eigenvalue weighted by Gasteiger charge is 2.36. The van der Waals surface area contributed by atoms with Gasteiger partial charge in [-0.1, -0.05) is 6.92 Å². The molecule has 7 heteroatoms. The molecule has 0 bridgehead atoms. The lowest BCUT2D eigenvalue weighted by molar-refractivity contribution is 0.357. The molecule has 1 atom stereocenters. The van der Waals surface area contributed by atoms with Crippen LogP contribution < -0.4 is 5.32 Å². The highest BCUT2D eigenvalue weighted by atomic mass is 32.2. The van der Waals surface area contributed by atoms with Crippen LogP contribution in [-0.4, -0.2) is 42.3 Å². The van der Waals surface area contributed by atoms with Gasteiger partial charge in [-0.15, -0.1) is 0 Å². The quantitative estimate of drug-likeness (QED) is 0.829. The number of hydrogen-bond donors (Lipinski definition) is 1. The molecule has 0 radical (unpaired) electrons. The molecule has 1 heterocycles. The van der Waals surface area contributed by atoms with Crippen LogP contribution in [0.2, 0.25) is 0 Å². The van der Waals surface area contributed by atoms with Crippen LogP contribution >= 0.6 is 0 Å². The zero-order chi connectivity index (χ0) is 14.8. The molecule has 1 aromatic rings. The third kappa shape index (κ3) is 3.27. The maximum atomic E-state index is 12.5. The topological polar surface area (TPSA) is 75.2 Å². The summed E-state index contributed by atoms with van der Waals surface area (Å²) in [6, 6.07) is 0.0258. The Labute approximate surface area is 120 Å². The van der Waals surface area contributed by atoms with E-state index in [2.05, 4.69) is 15.3 Å². The van der Waals surface area contributed by atoms with Crippen LogP contribution in [0.15, 0.2) is 17.3 Å². The highest BCUT2D eigenvalue weighted by molar-refractivity contribution is 7.89. The summed E-state index contributed by atoms with van der Waals surface area (Å²) in [5.41, 5.74) is 0. The molecule has 1 saturated carbocycles. The van der Waals surface area contributed by atoms with E-state index in [1.165, 1.54) is 16.7 Å². The average molecular weight is 298 g/mol. The molecule has 1 aliphatic carbocycles. The summed E-state index contributed by atoms with van der Waals surface area (Å²) >= 11 is 0. The van der Waals surface area contributed by atoms with Crippen molar-refractivity contribution in [2.45, 2.75) is 44.0 Å². The lowest BCUT2D eigenvalue weighted by Gasteiger charge is -2.23. The summed E-state index contributed by atoms with van der Waals surface area (Å²) in [4.78, 5) is 8.26. The van der Waals surface area contributed by atoms with E-state index in [4.69, 9.17) is 0 Å². The molecular weight excluding hydrogens is 276 g/mol. The normalized spacial score (nSPS) is 17.2. The van der Waals surface area contributed by atoms with Crippen molar-refractivity contribution >= 4 is 16.0 Å².